The molecule has 0 bridgehead atoms. The van der Waals surface area contributed by atoms with E-state index in [1.807, 2.05) is 43.3 Å². The van der Waals surface area contributed by atoms with E-state index >= 15 is 0 Å². The maximum atomic E-state index is 13.0. The predicted molar refractivity (Wildman–Crippen MR) is 152 cm³/mol. The second-order valence-electron chi connectivity index (χ2n) is 9.36. The quantitative estimate of drug-likeness (QED) is 0.190. The van der Waals surface area contributed by atoms with Gasteiger partial charge in [0.2, 0.25) is 0 Å². The van der Waals surface area contributed by atoms with Crippen LogP contribution in [0.5, 0.6) is 0 Å². The van der Waals surface area contributed by atoms with Gasteiger partial charge in [0.1, 0.15) is 0 Å². The summed E-state index contributed by atoms with van der Waals surface area (Å²) < 4.78 is 2.21. The number of carbonyl (C=O) groups excluding carboxylic acids is 3. The molecule has 5 aromatic rings. The summed E-state index contributed by atoms with van der Waals surface area (Å²) in [6, 6.07) is 30.7. The SMILES string of the molecule is Cc1cn(Cc2ccc(-c3ccccc3)cc2)c2ccc(C(=O)N[C@@H](C)c3ccc([N+](=O)[O-])cc3)cc12.O=C=O. The Labute approximate surface area is 231 Å². The minimum absolute atomic E-state index is 0.0276. The molecule has 0 radical (unpaired) electrons. The molecule has 1 aromatic heterocycles. The summed E-state index contributed by atoms with van der Waals surface area (Å²) in [6.45, 7) is 4.66. The van der Waals surface area contributed by atoms with Crippen molar-refractivity contribution in [2.75, 3.05) is 0 Å². The van der Waals surface area contributed by atoms with Crippen LogP contribution in [0.1, 0.15) is 40.0 Å². The van der Waals surface area contributed by atoms with Crippen molar-refractivity contribution in [3.63, 3.8) is 0 Å². The number of nitro groups is 1. The van der Waals surface area contributed by atoms with E-state index in [9.17, 15) is 14.9 Å². The number of nitro benzene ring substituents is 1. The van der Waals surface area contributed by atoms with Gasteiger partial charge in [0, 0.05) is 41.3 Å². The Kier molecular flexibility index (Phi) is 8.64. The molecular formula is C32H27N3O5. The highest BCUT2D eigenvalue weighted by Gasteiger charge is 2.15. The fourth-order valence-corrected chi connectivity index (χ4v) is 4.63. The minimum Gasteiger partial charge on any atom is -0.346 e. The first-order valence-corrected chi connectivity index (χ1v) is 12.6. The average Bonchev–Trinajstić information content (AvgIpc) is 3.28. The van der Waals surface area contributed by atoms with Crippen molar-refractivity contribution in [3.8, 4) is 11.1 Å². The molecule has 1 amide bonds. The zero-order valence-corrected chi connectivity index (χ0v) is 22.0. The van der Waals surface area contributed by atoms with Crippen molar-refractivity contribution in [3.05, 3.63) is 136 Å². The first-order valence-electron chi connectivity index (χ1n) is 12.6. The summed E-state index contributed by atoms with van der Waals surface area (Å²) in [5, 5.41) is 14.9. The molecule has 4 aromatic carbocycles. The fraction of sp³-hybridized carbons (Fsp3) is 0.125. The van der Waals surface area contributed by atoms with Crippen LogP contribution in [0.15, 0.2) is 103 Å². The van der Waals surface area contributed by atoms with E-state index in [2.05, 4.69) is 59.4 Å². The minimum atomic E-state index is -0.434. The number of amides is 1. The molecule has 40 heavy (non-hydrogen) atoms. The summed E-state index contributed by atoms with van der Waals surface area (Å²) in [6.07, 6.45) is 2.37. The molecule has 0 aliphatic heterocycles. The normalized spacial score (nSPS) is 11.2. The van der Waals surface area contributed by atoms with Crippen LogP contribution in [0.25, 0.3) is 22.0 Å². The highest BCUT2D eigenvalue weighted by Crippen LogP contribution is 2.25. The van der Waals surface area contributed by atoms with Crippen molar-refractivity contribution in [2.45, 2.75) is 26.4 Å². The second kappa shape index (κ2) is 12.5. The van der Waals surface area contributed by atoms with Gasteiger partial charge in [-0.05, 0) is 59.9 Å². The van der Waals surface area contributed by atoms with E-state index in [0.717, 1.165) is 28.6 Å². The van der Waals surface area contributed by atoms with Gasteiger partial charge in [0.25, 0.3) is 11.6 Å². The first kappa shape index (κ1) is 27.7. The summed E-state index contributed by atoms with van der Waals surface area (Å²) in [5.41, 5.74) is 7.19. The molecule has 8 nitrogen and oxygen atoms in total. The predicted octanol–water partition coefficient (Wildman–Crippen LogP) is 6.48. The van der Waals surface area contributed by atoms with Gasteiger partial charge in [-0.2, -0.15) is 9.59 Å². The molecule has 0 saturated heterocycles. The van der Waals surface area contributed by atoms with E-state index in [0.29, 0.717) is 5.56 Å². The lowest BCUT2D eigenvalue weighted by Gasteiger charge is -2.14. The Hall–Kier alpha value is -5.33. The lowest BCUT2D eigenvalue weighted by molar-refractivity contribution is -0.384. The Morgan fingerprint density at radius 3 is 2.17 bits per heavy atom. The lowest BCUT2D eigenvalue weighted by Crippen LogP contribution is -2.26. The lowest BCUT2D eigenvalue weighted by atomic mass is 10.0. The monoisotopic (exact) mass is 533 g/mol. The zero-order valence-electron chi connectivity index (χ0n) is 22.0. The number of nitrogens with zero attached hydrogens (tertiary/aromatic N) is 2. The van der Waals surface area contributed by atoms with Gasteiger partial charge in [-0.15, -0.1) is 0 Å². The van der Waals surface area contributed by atoms with Crippen molar-refractivity contribution >= 4 is 28.6 Å². The number of carbonyl (C=O) groups is 1. The molecule has 0 fully saturated rings. The van der Waals surface area contributed by atoms with Gasteiger partial charge < -0.3 is 9.88 Å². The number of hydrogen-bond acceptors (Lipinski definition) is 5. The van der Waals surface area contributed by atoms with Crippen LogP contribution in [0, 0.1) is 17.0 Å². The Morgan fingerprint density at radius 2 is 1.55 bits per heavy atom. The zero-order chi connectivity index (χ0) is 28.6. The van der Waals surface area contributed by atoms with E-state index in [1.165, 1.54) is 28.8 Å². The van der Waals surface area contributed by atoms with Crippen molar-refractivity contribution in [1.29, 1.82) is 0 Å². The van der Waals surface area contributed by atoms with Gasteiger partial charge in [-0.1, -0.05) is 66.7 Å². The van der Waals surface area contributed by atoms with Crippen LogP contribution < -0.4 is 5.32 Å². The highest BCUT2D eigenvalue weighted by atomic mass is 16.6. The molecule has 0 aliphatic rings. The average molecular weight is 534 g/mol. The van der Waals surface area contributed by atoms with Gasteiger partial charge in [0.15, 0.2) is 0 Å². The number of aryl methyl sites for hydroxylation is 1. The topological polar surface area (TPSA) is 111 Å². The number of fused-ring (bicyclic) bond motifs is 1. The van der Waals surface area contributed by atoms with Crippen LogP contribution in [0.3, 0.4) is 0 Å². The van der Waals surface area contributed by atoms with Crippen molar-refractivity contribution < 1.29 is 19.3 Å². The summed E-state index contributed by atoms with van der Waals surface area (Å²) in [5.74, 6) is -0.184. The van der Waals surface area contributed by atoms with Gasteiger partial charge in [0.05, 0.1) is 11.0 Å². The van der Waals surface area contributed by atoms with E-state index in [-0.39, 0.29) is 23.8 Å². The molecule has 0 saturated carbocycles. The number of hydrogen-bond donors (Lipinski definition) is 1. The fourth-order valence-electron chi connectivity index (χ4n) is 4.63. The molecule has 0 spiro atoms. The number of benzene rings is 4. The summed E-state index contributed by atoms with van der Waals surface area (Å²) in [7, 11) is 0. The van der Waals surface area contributed by atoms with Gasteiger partial charge in [-0.25, -0.2) is 0 Å². The maximum Gasteiger partial charge on any atom is 0.373 e. The van der Waals surface area contributed by atoms with E-state index in [1.54, 1.807) is 12.1 Å². The first-order chi connectivity index (χ1) is 19.3. The number of rotatable bonds is 7. The molecule has 0 unspecified atom stereocenters. The Bertz CT molecular complexity index is 1670. The third-order valence-electron chi connectivity index (χ3n) is 6.71. The molecule has 8 heteroatoms. The molecular weight excluding hydrogens is 506 g/mol. The van der Waals surface area contributed by atoms with E-state index in [4.69, 9.17) is 9.59 Å². The van der Waals surface area contributed by atoms with Crippen LogP contribution >= 0.6 is 0 Å². The van der Waals surface area contributed by atoms with Gasteiger partial charge >= 0.3 is 6.15 Å². The largest absolute Gasteiger partial charge is 0.373 e. The number of aromatic nitrogens is 1. The van der Waals surface area contributed by atoms with Crippen molar-refractivity contribution in [2.24, 2.45) is 0 Å². The van der Waals surface area contributed by atoms with Crippen LogP contribution in [0.2, 0.25) is 0 Å². The molecule has 200 valence electrons. The molecule has 1 N–H and O–H groups in total. The number of nitrogens with one attached hydrogen (secondary N) is 1. The Morgan fingerprint density at radius 1 is 0.925 bits per heavy atom. The van der Waals surface area contributed by atoms with Crippen LogP contribution in [0.4, 0.5) is 5.69 Å². The second-order valence-corrected chi connectivity index (χ2v) is 9.36. The van der Waals surface area contributed by atoms with Crippen LogP contribution in [-0.2, 0) is 16.1 Å². The van der Waals surface area contributed by atoms with E-state index < -0.39 is 4.92 Å². The number of non-ortho nitro benzene ring substituents is 1. The molecule has 5 rings (SSSR count). The van der Waals surface area contributed by atoms with Gasteiger partial charge in [-0.3, -0.25) is 14.9 Å². The standard InChI is InChI=1S/C31H27N3O3.CO2/c1-21-19-33(20-23-8-10-26(11-9-23)25-6-4-3-5-7-25)30-17-14-27(18-29(21)30)31(35)32-22(2)24-12-15-28(16-13-24)34(36)37;2-1-3/h3-19,22H,20H2,1-2H3,(H,32,35);/t22-;/m0./s1. The third-order valence-corrected chi connectivity index (χ3v) is 6.71. The summed E-state index contributed by atoms with van der Waals surface area (Å²) >= 11 is 0. The van der Waals surface area contributed by atoms with Crippen LogP contribution in [-0.4, -0.2) is 21.5 Å². The summed E-state index contributed by atoms with van der Waals surface area (Å²) in [4.78, 5) is 39.7. The maximum absolute atomic E-state index is 13.0. The third kappa shape index (κ3) is 6.38. The molecule has 0 aliphatic carbocycles. The smallest absolute Gasteiger partial charge is 0.346 e. The van der Waals surface area contributed by atoms with Crippen molar-refractivity contribution in [1.82, 2.24) is 9.88 Å². The highest BCUT2D eigenvalue weighted by molar-refractivity contribution is 5.99. The Balaban J connectivity index is 0.00000118. The molecule has 1 heterocycles. The molecule has 1 atom stereocenters.